The lowest BCUT2D eigenvalue weighted by molar-refractivity contribution is -0.139. The number of aromatic nitrogens is 2. The highest BCUT2D eigenvalue weighted by atomic mass is 16.5. The molecule has 35 heavy (non-hydrogen) atoms. The van der Waals surface area contributed by atoms with Crippen LogP contribution >= 0.6 is 0 Å². The van der Waals surface area contributed by atoms with Gasteiger partial charge in [0.15, 0.2) is 0 Å². The van der Waals surface area contributed by atoms with Crippen molar-refractivity contribution in [3.63, 3.8) is 0 Å². The minimum Gasteiger partial charge on any atom is -0.507 e. The zero-order chi connectivity index (χ0) is 24.4. The Morgan fingerprint density at radius 3 is 2.51 bits per heavy atom. The van der Waals surface area contributed by atoms with E-state index in [1.807, 2.05) is 53.2 Å². The van der Waals surface area contributed by atoms with Crippen LogP contribution in [0.25, 0.3) is 16.5 Å². The molecule has 176 valence electrons. The molecule has 1 aliphatic rings. The highest BCUT2D eigenvalue weighted by Crippen LogP contribution is 2.42. The number of methoxy groups -OCH3 is 1. The molecule has 5 rings (SSSR count). The lowest BCUT2D eigenvalue weighted by Gasteiger charge is -2.26. The fraction of sp³-hybridized carbons (Fsp3) is 0.179. The molecule has 1 aliphatic heterocycles. The van der Waals surface area contributed by atoms with E-state index in [4.69, 9.17) is 4.74 Å². The summed E-state index contributed by atoms with van der Waals surface area (Å²) in [6.45, 7) is 1.01. The van der Waals surface area contributed by atoms with Crippen molar-refractivity contribution in [3.8, 4) is 5.75 Å². The van der Waals surface area contributed by atoms with Gasteiger partial charge in [-0.05, 0) is 47.0 Å². The topological polar surface area (TPSA) is 84.7 Å². The average molecular weight is 468 g/mol. The van der Waals surface area contributed by atoms with Gasteiger partial charge in [0.1, 0.15) is 11.5 Å². The molecule has 1 atom stereocenters. The Hall–Kier alpha value is -4.39. The smallest absolute Gasteiger partial charge is 0.295 e. The lowest BCUT2D eigenvalue weighted by Crippen LogP contribution is -2.31. The van der Waals surface area contributed by atoms with E-state index >= 15 is 0 Å². The van der Waals surface area contributed by atoms with Crippen LogP contribution in [0.5, 0.6) is 5.75 Å². The van der Waals surface area contributed by atoms with Crippen LogP contribution in [0.3, 0.4) is 0 Å². The summed E-state index contributed by atoms with van der Waals surface area (Å²) in [6, 6.07) is 19.8. The highest BCUT2D eigenvalue weighted by Gasteiger charge is 2.46. The molecule has 0 radical (unpaired) electrons. The zero-order valence-electron chi connectivity index (χ0n) is 19.3. The fourth-order valence-electron chi connectivity index (χ4n) is 4.67. The third-order valence-corrected chi connectivity index (χ3v) is 6.40. The van der Waals surface area contributed by atoms with Crippen LogP contribution in [0.1, 0.15) is 23.6 Å². The molecular formula is C28H25N3O4. The van der Waals surface area contributed by atoms with Gasteiger partial charge in [-0.1, -0.05) is 42.5 Å². The van der Waals surface area contributed by atoms with Crippen LogP contribution in [-0.4, -0.2) is 44.9 Å². The molecule has 2 heterocycles. The number of aliphatic hydroxyl groups is 1. The number of nitrogens with zero attached hydrogens (tertiary/aromatic N) is 3. The SMILES string of the molecule is COc1ccc(C(O)=C2C(=O)C(=O)N(CCCn3ccnc3)C2c2cccc3ccccc23)cc1. The number of hydrogen-bond acceptors (Lipinski definition) is 5. The second-order valence-corrected chi connectivity index (χ2v) is 8.44. The van der Waals surface area contributed by atoms with Gasteiger partial charge in [0.2, 0.25) is 0 Å². The predicted molar refractivity (Wildman–Crippen MR) is 133 cm³/mol. The van der Waals surface area contributed by atoms with E-state index in [-0.39, 0.29) is 11.3 Å². The van der Waals surface area contributed by atoms with Crippen molar-refractivity contribution in [1.29, 1.82) is 0 Å². The van der Waals surface area contributed by atoms with Crippen molar-refractivity contribution in [3.05, 3.63) is 102 Å². The Labute approximate surface area is 202 Å². The number of ether oxygens (including phenoxy) is 1. The Kier molecular flexibility index (Phi) is 6.06. The number of hydrogen-bond donors (Lipinski definition) is 1. The largest absolute Gasteiger partial charge is 0.507 e. The van der Waals surface area contributed by atoms with E-state index in [1.165, 1.54) is 0 Å². The first-order chi connectivity index (χ1) is 17.1. The average Bonchev–Trinajstić information content (AvgIpc) is 3.50. The van der Waals surface area contributed by atoms with Crippen molar-refractivity contribution in [2.75, 3.05) is 13.7 Å². The number of carbonyl (C=O) groups is 2. The van der Waals surface area contributed by atoms with Crippen LogP contribution in [0, 0.1) is 0 Å². The van der Waals surface area contributed by atoms with Gasteiger partial charge in [0, 0.05) is 31.0 Å². The molecule has 1 fully saturated rings. The minimum atomic E-state index is -0.703. The Bertz CT molecular complexity index is 1400. The number of aliphatic hydroxyl groups excluding tert-OH is 1. The second kappa shape index (κ2) is 9.46. The van der Waals surface area contributed by atoms with Gasteiger partial charge in [-0.3, -0.25) is 9.59 Å². The van der Waals surface area contributed by atoms with Gasteiger partial charge in [0.05, 0.1) is 25.1 Å². The van der Waals surface area contributed by atoms with Crippen LogP contribution < -0.4 is 4.74 Å². The number of benzene rings is 3. The predicted octanol–water partition coefficient (Wildman–Crippen LogP) is 4.56. The van der Waals surface area contributed by atoms with Gasteiger partial charge in [-0.15, -0.1) is 0 Å². The van der Waals surface area contributed by atoms with Crippen LogP contribution in [0.15, 0.2) is 91.0 Å². The number of ketones is 1. The molecule has 0 spiro atoms. The van der Waals surface area contributed by atoms with Crippen molar-refractivity contribution in [2.24, 2.45) is 0 Å². The van der Waals surface area contributed by atoms with Crippen molar-refractivity contribution in [2.45, 2.75) is 19.0 Å². The maximum atomic E-state index is 13.3. The lowest BCUT2D eigenvalue weighted by atomic mass is 9.91. The number of carbonyl (C=O) groups excluding carboxylic acids is 2. The Balaban J connectivity index is 1.61. The molecule has 3 aromatic carbocycles. The first-order valence-electron chi connectivity index (χ1n) is 11.4. The molecule has 0 bridgehead atoms. The van der Waals surface area contributed by atoms with Crippen LogP contribution in [0.4, 0.5) is 0 Å². The third-order valence-electron chi connectivity index (χ3n) is 6.40. The maximum Gasteiger partial charge on any atom is 0.295 e. The molecule has 1 aromatic heterocycles. The van der Waals surface area contributed by atoms with E-state index in [2.05, 4.69) is 4.98 Å². The summed E-state index contributed by atoms with van der Waals surface area (Å²) in [6.07, 6.45) is 5.92. The number of rotatable bonds is 7. The molecular weight excluding hydrogens is 442 g/mol. The van der Waals surface area contributed by atoms with Gasteiger partial charge in [0.25, 0.3) is 11.7 Å². The Morgan fingerprint density at radius 2 is 1.77 bits per heavy atom. The van der Waals surface area contributed by atoms with Crippen molar-refractivity contribution < 1.29 is 19.4 Å². The summed E-state index contributed by atoms with van der Waals surface area (Å²) in [5.41, 5.74) is 1.35. The molecule has 7 nitrogen and oxygen atoms in total. The molecule has 1 saturated heterocycles. The fourth-order valence-corrected chi connectivity index (χ4v) is 4.67. The number of Topliss-reactive ketones (excluding diaryl/α,β-unsaturated/α-hetero) is 1. The molecule has 1 N–H and O–H groups in total. The normalized spacial score (nSPS) is 17.3. The summed E-state index contributed by atoms with van der Waals surface area (Å²) in [4.78, 5) is 32.2. The molecule has 4 aromatic rings. The van der Waals surface area contributed by atoms with Gasteiger partial charge in [-0.2, -0.15) is 0 Å². The van der Waals surface area contributed by atoms with Crippen molar-refractivity contribution >= 4 is 28.2 Å². The second-order valence-electron chi connectivity index (χ2n) is 8.44. The number of fused-ring (bicyclic) bond motifs is 1. The first-order valence-corrected chi connectivity index (χ1v) is 11.4. The Morgan fingerprint density at radius 1 is 1.00 bits per heavy atom. The van der Waals surface area contributed by atoms with Crippen LogP contribution in [0.2, 0.25) is 0 Å². The molecule has 7 heteroatoms. The van der Waals surface area contributed by atoms with E-state index in [9.17, 15) is 14.7 Å². The third kappa shape index (κ3) is 4.17. The summed E-state index contributed by atoms with van der Waals surface area (Å²) >= 11 is 0. The molecule has 1 amide bonds. The highest BCUT2D eigenvalue weighted by molar-refractivity contribution is 6.46. The number of imidazole rings is 1. The maximum absolute atomic E-state index is 13.3. The van der Waals surface area contributed by atoms with E-state index in [0.717, 1.165) is 16.3 Å². The number of likely N-dealkylation sites (tertiary alicyclic amines) is 1. The van der Waals surface area contributed by atoms with E-state index in [1.54, 1.807) is 48.8 Å². The van der Waals surface area contributed by atoms with Gasteiger partial charge in [-0.25, -0.2) is 4.98 Å². The van der Waals surface area contributed by atoms with E-state index in [0.29, 0.717) is 30.8 Å². The molecule has 0 aliphatic carbocycles. The zero-order valence-corrected chi connectivity index (χ0v) is 19.3. The molecule has 0 saturated carbocycles. The molecule has 1 unspecified atom stereocenters. The quantitative estimate of drug-likeness (QED) is 0.245. The monoisotopic (exact) mass is 467 g/mol. The standard InChI is InChI=1S/C28H25N3O4/c1-35-21-12-10-20(11-13-21)26(32)24-25(23-9-4-7-19-6-2-3-8-22(19)23)31(28(34)27(24)33)16-5-15-30-17-14-29-18-30/h2-4,6-14,17-18,25,32H,5,15-16H2,1H3. The summed E-state index contributed by atoms with van der Waals surface area (Å²) in [7, 11) is 1.56. The summed E-state index contributed by atoms with van der Waals surface area (Å²) < 4.78 is 7.14. The minimum absolute atomic E-state index is 0.0964. The number of amides is 1. The van der Waals surface area contributed by atoms with Gasteiger partial charge < -0.3 is 19.3 Å². The summed E-state index contributed by atoms with van der Waals surface area (Å²) in [5, 5.41) is 13.2. The van der Waals surface area contributed by atoms with E-state index < -0.39 is 17.7 Å². The van der Waals surface area contributed by atoms with Crippen molar-refractivity contribution in [1.82, 2.24) is 14.5 Å². The first kappa shape index (κ1) is 22.4. The van der Waals surface area contributed by atoms with Gasteiger partial charge >= 0.3 is 0 Å². The van der Waals surface area contributed by atoms with Crippen LogP contribution in [-0.2, 0) is 16.1 Å². The summed E-state index contributed by atoms with van der Waals surface area (Å²) in [5.74, 6) is -0.851. The number of aryl methyl sites for hydroxylation is 1.